The Balaban J connectivity index is 1.23. The summed E-state index contributed by atoms with van der Waals surface area (Å²) < 4.78 is 15.5. The van der Waals surface area contributed by atoms with Crippen molar-refractivity contribution in [1.29, 1.82) is 0 Å². The second-order valence-corrected chi connectivity index (χ2v) is 22.1. The molecule has 0 saturated carbocycles. The largest absolute Gasteiger partial charge is 0.467 e. The maximum Gasteiger partial charge on any atom is 0.342 e. The Bertz CT molecular complexity index is 3610. The second-order valence-electron chi connectivity index (χ2n) is 22.1. The number of para-hydroxylation sites is 2. The molecule has 11 aromatic rings. The summed E-state index contributed by atoms with van der Waals surface area (Å²) in [5.74, 6) is 1.61. The van der Waals surface area contributed by atoms with Gasteiger partial charge in [-0.3, -0.25) is 0 Å². The molecule has 0 unspecified atom stereocenters. The summed E-state index contributed by atoms with van der Waals surface area (Å²) in [6.45, 7) is 13.2. The number of fused-ring (bicyclic) bond motifs is 4. The van der Waals surface area contributed by atoms with E-state index in [1.54, 1.807) is 0 Å². The van der Waals surface area contributed by atoms with Gasteiger partial charge >= 0.3 is 6.71 Å². The van der Waals surface area contributed by atoms with Crippen LogP contribution in [0.2, 0.25) is 0 Å². The highest BCUT2D eigenvalue weighted by Crippen LogP contribution is 2.55. The number of rotatable bonds is 9. The molecule has 0 aliphatic carbocycles. The third-order valence-corrected chi connectivity index (χ3v) is 15.1. The Morgan fingerprint density at radius 1 is 0.355 bits per heavy atom. The molecular weight excluding hydrogens is 926 g/mol. The second kappa shape index (κ2) is 18.4. The van der Waals surface area contributed by atoms with E-state index < -0.39 is 6.71 Å². The molecule has 368 valence electrons. The van der Waals surface area contributed by atoms with E-state index in [0.717, 1.165) is 113 Å². The first kappa shape index (κ1) is 46.8. The van der Waals surface area contributed by atoms with Crippen molar-refractivity contribution in [3.05, 3.63) is 254 Å². The predicted octanol–water partition coefficient (Wildman–Crippen LogP) is 17.7. The molecule has 2 aromatic heterocycles. The van der Waals surface area contributed by atoms with Crippen LogP contribution in [0.3, 0.4) is 0 Å². The van der Waals surface area contributed by atoms with Crippen LogP contribution in [-0.4, -0.2) is 6.71 Å². The van der Waals surface area contributed by atoms with Crippen molar-refractivity contribution in [2.45, 2.75) is 52.4 Å². The van der Waals surface area contributed by atoms with E-state index in [0.29, 0.717) is 0 Å². The van der Waals surface area contributed by atoms with Crippen LogP contribution in [0.15, 0.2) is 251 Å². The van der Waals surface area contributed by atoms with Gasteiger partial charge in [0, 0.05) is 45.3 Å². The zero-order valence-corrected chi connectivity index (χ0v) is 43.8. The maximum atomic E-state index is 7.75. The number of furan rings is 2. The average Bonchev–Trinajstić information content (AvgIpc) is 4.11. The SMILES string of the molecule is CC(C)(C)c1ccc(N2c3cc(N(c4ccccc4)c4ccccc4)cc4c3B(c3oc(-c5ccccc5)c(-c5ccccc5)c32)c2oc(-c3ccccc3)c(-c3ccccc3)c2N4c2ccc(C(C)(C)C)cc2)cc1. The summed E-state index contributed by atoms with van der Waals surface area (Å²) in [5, 5.41) is 0. The molecule has 0 amide bonds. The highest BCUT2D eigenvalue weighted by atomic mass is 16.4. The fourth-order valence-corrected chi connectivity index (χ4v) is 11.4. The molecule has 0 saturated heterocycles. The first-order valence-corrected chi connectivity index (χ1v) is 26.5. The minimum absolute atomic E-state index is 0.0569. The lowest BCUT2D eigenvalue weighted by Crippen LogP contribution is -2.60. The van der Waals surface area contributed by atoms with Gasteiger partial charge in [0.2, 0.25) is 0 Å². The van der Waals surface area contributed by atoms with E-state index in [-0.39, 0.29) is 10.8 Å². The molecule has 76 heavy (non-hydrogen) atoms. The quantitative estimate of drug-likeness (QED) is 0.135. The van der Waals surface area contributed by atoms with E-state index in [2.05, 4.69) is 299 Å². The molecular formula is C70H58BN3O2. The van der Waals surface area contributed by atoms with E-state index in [9.17, 15) is 0 Å². The van der Waals surface area contributed by atoms with Gasteiger partial charge in [-0.25, -0.2) is 0 Å². The molecule has 5 nitrogen and oxygen atoms in total. The van der Waals surface area contributed by atoms with Crippen LogP contribution < -0.4 is 31.5 Å². The fourth-order valence-electron chi connectivity index (χ4n) is 11.4. The molecule has 0 radical (unpaired) electrons. The number of benzene rings is 9. The van der Waals surface area contributed by atoms with Gasteiger partial charge in [0.15, 0.2) is 0 Å². The Kier molecular flexibility index (Phi) is 11.3. The molecule has 0 fully saturated rings. The summed E-state index contributed by atoms with van der Waals surface area (Å²) in [7, 11) is 0. The van der Waals surface area contributed by atoms with Crippen molar-refractivity contribution in [2.75, 3.05) is 14.7 Å². The molecule has 0 atom stereocenters. The summed E-state index contributed by atoms with van der Waals surface area (Å²) >= 11 is 0. The lowest BCUT2D eigenvalue weighted by atomic mass is 9.37. The lowest BCUT2D eigenvalue weighted by molar-refractivity contribution is 0.590. The highest BCUT2D eigenvalue weighted by Gasteiger charge is 2.52. The van der Waals surface area contributed by atoms with Gasteiger partial charge in [-0.1, -0.05) is 224 Å². The van der Waals surface area contributed by atoms with Gasteiger partial charge < -0.3 is 23.5 Å². The summed E-state index contributed by atoms with van der Waals surface area (Å²) in [6.07, 6.45) is 0. The Morgan fingerprint density at radius 2 is 0.671 bits per heavy atom. The van der Waals surface area contributed by atoms with E-state index in [1.807, 2.05) is 0 Å². The van der Waals surface area contributed by atoms with Gasteiger partial charge in [-0.05, 0) is 99.2 Å². The maximum absolute atomic E-state index is 7.75. The van der Waals surface area contributed by atoms with Gasteiger partial charge in [-0.15, -0.1) is 0 Å². The van der Waals surface area contributed by atoms with E-state index in [4.69, 9.17) is 8.83 Å². The normalized spacial score (nSPS) is 12.8. The summed E-state index contributed by atoms with van der Waals surface area (Å²) in [6, 6.07) is 87.4. The van der Waals surface area contributed by atoms with Crippen molar-refractivity contribution in [2.24, 2.45) is 0 Å². The molecule has 0 spiro atoms. The zero-order valence-electron chi connectivity index (χ0n) is 43.8. The molecule has 6 heteroatoms. The third-order valence-electron chi connectivity index (χ3n) is 15.1. The lowest BCUT2D eigenvalue weighted by Gasteiger charge is -2.42. The number of hydrogen-bond acceptors (Lipinski definition) is 5. The monoisotopic (exact) mass is 983 g/mol. The van der Waals surface area contributed by atoms with Crippen molar-refractivity contribution in [3.63, 3.8) is 0 Å². The van der Waals surface area contributed by atoms with Crippen molar-refractivity contribution in [3.8, 4) is 44.9 Å². The van der Waals surface area contributed by atoms with E-state index >= 15 is 0 Å². The first-order valence-electron chi connectivity index (χ1n) is 26.5. The molecule has 9 aromatic carbocycles. The Morgan fingerprint density at radius 3 is 1.00 bits per heavy atom. The highest BCUT2D eigenvalue weighted by molar-refractivity contribution is 6.99. The van der Waals surface area contributed by atoms with Gasteiger partial charge in [0.25, 0.3) is 0 Å². The molecule has 0 N–H and O–H groups in total. The standard InChI is InChI=1S/C70H58BN3O2/c1-69(2,3)51-37-41-55(42-38-51)73-58-45-57(72(53-33-21-11-22-34-53)54-35-23-12-24-36-54)46-59-62(58)71(67-63(73)60(47-25-13-7-14-26-47)65(75-67)49-29-17-9-18-30-49)68-64(74(59)56-43-39-52(40-44-56)70(4,5)6)61(48-27-15-8-16-28-48)66(76-68)50-31-19-10-20-32-50/h7-46H,1-6H3. The first-order chi connectivity index (χ1) is 37.0. The van der Waals surface area contributed by atoms with Crippen LogP contribution in [0.1, 0.15) is 52.7 Å². The predicted molar refractivity (Wildman–Crippen MR) is 319 cm³/mol. The van der Waals surface area contributed by atoms with Crippen LogP contribution in [-0.2, 0) is 10.8 Å². The number of hydrogen-bond donors (Lipinski definition) is 0. The molecule has 2 aliphatic rings. The van der Waals surface area contributed by atoms with Crippen LogP contribution in [0.25, 0.3) is 44.9 Å². The van der Waals surface area contributed by atoms with Crippen molar-refractivity contribution < 1.29 is 8.83 Å². The fraction of sp³-hybridized carbons (Fsp3) is 0.114. The number of anilines is 9. The summed E-state index contributed by atoms with van der Waals surface area (Å²) in [4.78, 5) is 7.36. The van der Waals surface area contributed by atoms with Crippen molar-refractivity contribution >= 4 is 74.7 Å². The third kappa shape index (κ3) is 7.95. The van der Waals surface area contributed by atoms with Gasteiger partial charge in [0.1, 0.15) is 22.8 Å². The average molecular weight is 984 g/mol. The minimum Gasteiger partial charge on any atom is -0.467 e. The smallest absolute Gasteiger partial charge is 0.342 e. The topological polar surface area (TPSA) is 36.0 Å². The zero-order chi connectivity index (χ0) is 51.7. The molecule has 13 rings (SSSR count). The molecule has 4 heterocycles. The van der Waals surface area contributed by atoms with Crippen LogP contribution in [0.4, 0.5) is 51.2 Å². The van der Waals surface area contributed by atoms with Crippen molar-refractivity contribution in [1.82, 2.24) is 0 Å². The molecule has 0 bridgehead atoms. The Hall–Kier alpha value is -9.00. The van der Waals surface area contributed by atoms with Crippen LogP contribution in [0, 0.1) is 0 Å². The minimum atomic E-state index is -0.485. The van der Waals surface area contributed by atoms with Crippen LogP contribution >= 0.6 is 0 Å². The molecule has 2 aliphatic heterocycles. The summed E-state index contributed by atoms with van der Waals surface area (Å²) in [5.41, 5.74) is 20.4. The van der Waals surface area contributed by atoms with E-state index in [1.165, 1.54) is 11.1 Å². The Labute approximate surface area is 447 Å². The van der Waals surface area contributed by atoms with Crippen LogP contribution in [0.5, 0.6) is 0 Å². The number of nitrogens with zero attached hydrogens (tertiary/aromatic N) is 3. The van der Waals surface area contributed by atoms with Gasteiger partial charge in [-0.2, -0.15) is 0 Å². The van der Waals surface area contributed by atoms with Gasteiger partial charge in [0.05, 0.1) is 28.2 Å².